The van der Waals surface area contributed by atoms with Gasteiger partial charge in [0.2, 0.25) is 0 Å². The van der Waals surface area contributed by atoms with Crippen molar-refractivity contribution in [2.45, 2.75) is 13.0 Å². The van der Waals surface area contributed by atoms with Crippen molar-refractivity contribution in [2.24, 2.45) is 0 Å². The lowest BCUT2D eigenvalue weighted by Crippen LogP contribution is -2.21. The summed E-state index contributed by atoms with van der Waals surface area (Å²) < 4.78 is 13.8. The molecule has 0 aliphatic carbocycles. The highest BCUT2D eigenvalue weighted by Crippen LogP contribution is 2.16. The van der Waals surface area contributed by atoms with E-state index in [0.29, 0.717) is 12.1 Å². The van der Waals surface area contributed by atoms with Gasteiger partial charge in [-0.3, -0.25) is 4.98 Å². The zero-order valence-corrected chi connectivity index (χ0v) is 11.0. The van der Waals surface area contributed by atoms with E-state index in [9.17, 15) is 4.39 Å². The highest BCUT2D eigenvalue weighted by atomic mass is 19.1. The lowest BCUT2D eigenvalue weighted by Gasteiger charge is -2.17. The van der Waals surface area contributed by atoms with Gasteiger partial charge in [0.05, 0.1) is 5.69 Å². The second-order valence-electron chi connectivity index (χ2n) is 4.66. The molecule has 2 N–H and O–H groups in total. The second kappa shape index (κ2) is 6.29. The van der Waals surface area contributed by atoms with E-state index in [-0.39, 0.29) is 11.5 Å². The van der Waals surface area contributed by atoms with Crippen molar-refractivity contribution in [2.75, 3.05) is 19.3 Å². The molecule has 4 heteroatoms. The molecule has 0 fully saturated rings. The SMILES string of the molecule is CN(CCc1ccncc1)Cc1cccc(N)c1F. The topological polar surface area (TPSA) is 42.2 Å². The van der Waals surface area contributed by atoms with Gasteiger partial charge in [0.15, 0.2) is 5.82 Å². The number of anilines is 1. The molecule has 19 heavy (non-hydrogen) atoms. The number of likely N-dealkylation sites (N-methyl/N-ethyl adjacent to an activating group) is 1. The van der Waals surface area contributed by atoms with Crippen LogP contribution in [0.15, 0.2) is 42.7 Å². The molecule has 0 unspecified atom stereocenters. The first-order chi connectivity index (χ1) is 9.16. The van der Waals surface area contributed by atoms with E-state index in [4.69, 9.17) is 5.73 Å². The number of benzene rings is 1. The Morgan fingerprint density at radius 3 is 2.68 bits per heavy atom. The Morgan fingerprint density at radius 1 is 1.21 bits per heavy atom. The predicted molar refractivity (Wildman–Crippen MR) is 75.1 cm³/mol. The Labute approximate surface area is 112 Å². The van der Waals surface area contributed by atoms with Crippen molar-refractivity contribution in [3.63, 3.8) is 0 Å². The Hall–Kier alpha value is -1.94. The van der Waals surface area contributed by atoms with Crippen molar-refractivity contribution >= 4 is 5.69 Å². The van der Waals surface area contributed by atoms with E-state index in [2.05, 4.69) is 9.88 Å². The fraction of sp³-hybridized carbons (Fsp3) is 0.267. The van der Waals surface area contributed by atoms with Crippen LogP contribution in [0, 0.1) is 5.82 Å². The summed E-state index contributed by atoms with van der Waals surface area (Å²) in [5.41, 5.74) is 7.64. The molecule has 0 spiro atoms. The smallest absolute Gasteiger partial charge is 0.150 e. The first-order valence-electron chi connectivity index (χ1n) is 6.27. The summed E-state index contributed by atoms with van der Waals surface area (Å²) in [6.45, 7) is 1.42. The summed E-state index contributed by atoms with van der Waals surface area (Å²) in [4.78, 5) is 6.07. The highest BCUT2D eigenvalue weighted by Gasteiger charge is 2.08. The van der Waals surface area contributed by atoms with E-state index in [1.165, 1.54) is 5.56 Å². The zero-order chi connectivity index (χ0) is 13.7. The van der Waals surface area contributed by atoms with Crippen LogP contribution in [0.25, 0.3) is 0 Å². The quantitative estimate of drug-likeness (QED) is 0.839. The van der Waals surface area contributed by atoms with Gasteiger partial charge in [-0.05, 0) is 37.2 Å². The molecular weight excluding hydrogens is 241 g/mol. The minimum Gasteiger partial charge on any atom is -0.396 e. The number of nitrogen functional groups attached to an aromatic ring is 1. The largest absolute Gasteiger partial charge is 0.396 e. The van der Waals surface area contributed by atoms with Crippen LogP contribution >= 0.6 is 0 Å². The summed E-state index contributed by atoms with van der Waals surface area (Å²) in [5, 5.41) is 0. The van der Waals surface area contributed by atoms with Gasteiger partial charge in [0.1, 0.15) is 0 Å². The maximum atomic E-state index is 13.8. The molecule has 0 saturated heterocycles. The van der Waals surface area contributed by atoms with Crippen LogP contribution in [0.4, 0.5) is 10.1 Å². The number of rotatable bonds is 5. The third kappa shape index (κ3) is 3.76. The first kappa shape index (κ1) is 13.5. The van der Waals surface area contributed by atoms with Crippen molar-refractivity contribution in [1.82, 2.24) is 9.88 Å². The fourth-order valence-corrected chi connectivity index (χ4v) is 1.96. The molecule has 100 valence electrons. The number of pyridine rings is 1. The van der Waals surface area contributed by atoms with Crippen LogP contribution in [-0.4, -0.2) is 23.5 Å². The minimum absolute atomic E-state index is 0.208. The maximum Gasteiger partial charge on any atom is 0.150 e. The molecule has 0 aliphatic heterocycles. The Morgan fingerprint density at radius 2 is 1.95 bits per heavy atom. The lowest BCUT2D eigenvalue weighted by molar-refractivity contribution is 0.325. The molecular formula is C15H18FN3. The van der Waals surface area contributed by atoms with Crippen LogP contribution in [0.3, 0.4) is 0 Å². The molecule has 0 bridgehead atoms. The number of aromatic nitrogens is 1. The van der Waals surface area contributed by atoms with Gasteiger partial charge in [-0.15, -0.1) is 0 Å². The third-order valence-corrected chi connectivity index (χ3v) is 3.08. The minimum atomic E-state index is -0.307. The lowest BCUT2D eigenvalue weighted by atomic mass is 10.1. The van der Waals surface area contributed by atoms with Crippen LogP contribution in [0.5, 0.6) is 0 Å². The van der Waals surface area contributed by atoms with Crippen molar-refractivity contribution in [3.8, 4) is 0 Å². The number of nitrogens with two attached hydrogens (primary N) is 1. The number of hydrogen-bond acceptors (Lipinski definition) is 3. The molecule has 0 saturated carbocycles. The van der Waals surface area contributed by atoms with Crippen molar-refractivity contribution in [3.05, 3.63) is 59.7 Å². The molecule has 3 nitrogen and oxygen atoms in total. The average molecular weight is 259 g/mol. The van der Waals surface area contributed by atoms with E-state index < -0.39 is 0 Å². The highest BCUT2D eigenvalue weighted by molar-refractivity contribution is 5.42. The van der Waals surface area contributed by atoms with Gasteiger partial charge >= 0.3 is 0 Å². The standard InChI is InChI=1S/C15H18FN3/c1-19(10-7-12-5-8-18-9-6-12)11-13-3-2-4-14(17)15(13)16/h2-6,8-9H,7,10-11,17H2,1H3. The molecule has 1 heterocycles. The van der Waals surface area contributed by atoms with Gasteiger partial charge in [-0.2, -0.15) is 0 Å². The summed E-state index contributed by atoms with van der Waals surface area (Å²) >= 11 is 0. The summed E-state index contributed by atoms with van der Waals surface area (Å²) in [7, 11) is 1.98. The van der Waals surface area contributed by atoms with Crippen molar-refractivity contribution in [1.29, 1.82) is 0 Å². The van der Waals surface area contributed by atoms with Gasteiger partial charge in [0, 0.05) is 31.0 Å². The summed E-state index contributed by atoms with van der Waals surface area (Å²) in [5.74, 6) is -0.307. The number of nitrogens with zero attached hydrogens (tertiary/aromatic N) is 2. The molecule has 1 aromatic heterocycles. The molecule has 0 amide bonds. The number of hydrogen-bond donors (Lipinski definition) is 1. The first-order valence-corrected chi connectivity index (χ1v) is 6.27. The van der Waals surface area contributed by atoms with Gasteiger partial charge < -0.3 is 10.6 Å². The van der Waals surface area contributed by atoms with Gasteiger partial charge in [-0.1, -0.05) is 12.1 Å². The van der Waals surface area contributed by atoms with E-state index >= 15 is 0 Å². The molecule has 1 aromatic carbocycles. The molecule has 2 rings (SSSR count). The maximum absolute atomic E-state index is 13.8. The Bertz CT molecular complexity index is 528. The van der Waals surface area contributed by atoms with Crippen LogP contribution in [-0.2, 0) is 13.0 Å². The fourth-order valence-electron chi connectivity index (χ4n) is 1.96. The normalized spacial score (nSPS) is 10.9. The summed E-state index contributed by atoms with van der Waals surface area (Å²) in [6.07, 6.45) is 4.49. The number of halogens is 1. The van der Waals surface area contributed by atoms with Gasteiger partial charge in [-0.25, -0.2) is 4.39 Å². The predicted octanol–water partition coefficient (Wildman–Crippen LogP) is 2.48. The summed E-state index contributed by atoms with van der Waals surface area (Å²) in [6, 6.07) is 9.12. The molecule has 0 atom stereocenters. The van der Waals surface area contributed by atoms with Crippen molar-refractivity contribution < 1.29 is 4.39 Å². The second-order valence-corrected chi connectivity index (χ2v) is 4.66. The van der Waals surface area contributed by atoms with E-state index in [1.807, 2.05) is 19.2 Å². The Balaban J connectivity index is 1.91. The zero-order valence-electron chi connectivity index (χ0n) is 11.0. The molecule has 0 radical (unpaired) electrons. The Kier molecular flexibility index (Phi) is 4.47. The van der Waals surface area contributed by atoms with Gasteiger partial charge in [0.25, 0.3) is 0 Å². The molecule has 0 aliphatic rings. The van der Waals surface area contributed by atoms with E-state index in [0.717, 1.165) is 13.0 Å². The monoisotopic (exact) mass is 259 g/mol. The third-order valence-electron chi connectivity index (χ3n) is 3.08. The van der Waals surface area contributed by atoms with Crippen LogP contribution < -0.4 is 5.73 Å². The molecule has 2 aromatic rings. The van der Waals surface area contributed by atoms with Crippen LogP contribution in [0.2, 0.25) is 0 Å². The van der Waals surface area contributed by atoms with Crippen LogP contribution in [0.1, 0.15) is 11.1 Å². The van der Waals surface area contributed by atoms with E-state index in [1.54, 1.807) is 30.6 Å². The average Bonchev–Trinajstić information content (AvgIpc) is 2.43.